The summed E-state index contributed by atoms with van der Waals surface area (Å²) in [5, 5.41) is 6.21. The zero-order valence-electron chi connectivity index (χ0n) is 14.6. The highest BCUT2D eigenvalue weighted by atomic mass is 19.1. The first-order valence-electron chi connectivity index (χ1n) is 8.82. The molecule has 26 heavy (non-hydrogen) atoms. The number of amides is 1. The fourth-order valence-electron chi connectivity index (χ4n) is 3.76. The van der Waals surface area contributed by atoms with E-state index in [1.165, 1.54) is 6.33 Å². The van der Waals surface area contributed by atoms with Crippen LogP contribution < -0.4 is 10.6 Å². The molecule has 0 unspecified atom stereocenters. The lowest BCUT2D eigenvalue weighted by atomic mass is 9.71. The molecule has 2 aromatic heterocycles. The van der Waals surface area contributed by atoms with Gasteiger partial charge in [0, 0.05) is 12.7 Å². The quantitative estimate of drug-likeness (QED) is 0.761. The molecule has 7 nitrogen and oxygen atoms in total. The Hall–Kier alpha value is -2.48. The Labute approximate surface area is 150 Å². The number of carbonyl (C=O) groups excluding carboxylic acids is 1. The van der Waals surface area contributed by atoms with Crippen LogP contribution in [0.3, 0.4) is 0 Å². The van der Waals surface area contributed by atoms with Crippen molar-refractivity contribution in [2.24, 2.45) is 0 Å². The Balaban J connectivity index is 1.38. The molecule has 8 heteroatoms. The lowest BCUT2D eigenvalue weighted by molar-refractivity contribution is -0.143. The topological polar surface area (TPSA) is 91.9 Å². The van der Waals surface area contributed by atoms with Gasteiger partial charge in [0.05, 0.1) is 23.4 Å². The van der Waals surface area contributed by atoms with E-state index in [1.807, 2.05) is 0 Å². The van der Waals surface area contributed by atoms with Crippen LogP contribution >= 0.6 is 0 Å². The highest BCUT2D eigenvalue weighted by Gasteiger charge is 2.50. The van der Waals surface area contributed by atoms with Crippen LogP contribution in [-0.4, -0.2) is 45.2 Å². The fraction of sp³-hybridized carbons (Fsp3) is 0.500. The van der Waals surface area contributed by atoms with E-state index in [-0.39, 0.29) is 22.9 Å². The van der Waals surface area contributed by atoms with Crippen LogP contribution in [0.5, 0.6) is 0 Å². The number of hydrogen-bond acceptors (Lipinski definition) is 5. The molecule has 0 aromatic carbocycles. The van der Waals surface area contributed by atoms with E-state index in [9.17, 15) is 9.18 Å². The van der Waals surface area contributed by atoms with Gasteiger partial charge in [0.1, 0.15) is 12.0 Å². The van der Waals surface area contributed by atoms with Crippen LogP contribution in [0, 0.1) is 12.7 Å². The van der Waals surface area contributed by atoms with E-state index < -0.39 is 5.82 Å². The van der Waals surface area contributed by atoms with E-state index in [2.05, 4.69) is 25.6 Å². The molecule has 3 aliphatic rings. The van der Waals surface area contributed by atoms with Gasteiger partial charge in [-0.3, -0.25) is 4.79 Å². The molecular weight excluding hydrogens is 337 g/mol. The van der Waals surface area contributed by atoms with Crippen LogP contribution in [0.4, 0.5) is 10.2 Å². The number of ether oxygens (including phenoxy) is 1. The van der Waals surface area contributed by atoms with Crippen molar-refractivity contribution in [2.75, 3.05) is 18.5 Å². The minimum atomic E-state index is -0.414. The van der Waals surface area contributed by atoms with E-state index in [1.54, 1.807) is 25.3 Å². The molecule has 3 fully saturated rings. The third kappa shape index (κ3) is 3.05. The standard InChI is InChI=1S/C18H22FN5O2/c1-12-14(19)15(23-11-22-12)24-17-4-6-18(7-5-17,26-10-17)9-21-16(25)13-3-2-8-20-13/h2-3,8,11,20H,4-7,9-10H2,1H3,(H,21,25)(H,22,23,24). The van der Waals surface area contributed by atoms with Gasteiger partial charge < -0.3 is 20.4 Å². The second-order valence-corrected chi connectivity index (χ2v) is 7.27. The second kappa shape index (κ2) is 6.35. The molecular formula is C18H22FN5O2. The number of rotatable bonds is 5. The monoisotopic (exact) mass is 359 g/mol. The molecule has 2 aliphatic heterocycles. The number of anilines is 1. The summed E-state index contributed by atoms with van der Waals surface area (Å²) in [5.41, 5.74) is 0.213. The highest BCUT2D eigenvalue weighted by molar-refractivity contribution is 5.92. The van der Waals surface area contributed by atoms with Gasteiger partial charge in [0.2, 0.25) is 0 Å². The Morgan fingerprint density at radius 2 is 2.15 bits per heavy atom. The van der Waals surface area contributed by atoms with Gasteiger partial charge in [-0.25, -0.2) is 14.4 Å². The SMILES string of the molecule is Cc1ncnc(NC23CCC(CNC(=O)c4ccc[nH]4)(CC2)OC3)c1F. The van der Waals surface area contributed by atoms with Crippen molar-refractivity contribution in [2.45, 2.75) is 43.7 Å². The largest absolute Gasteiger partial charge is 0.371 e. The van der Waals surface area contributed by atoms with Crippen molar-refractivity contribution in [1.82, 2.24) is 20.3 Å². The average Bonchev–Trinajstić information content (AvgIpc) is 3.20. The number of aromatic amines is 1. The number of fused-ring (bicyclic) bond motifs is 3. The molecule has 3 N–H and O–H groups in total. The molecule has 0 atom stereocenters. The number of carbonyl (C=O) groups is 1. The summed E-state index contributed by atoms with van der Waals surface area (Å²) in [7, 11) is 0. The zero-order chi connectivity index (χ0) is 18.2. The van der Waals surface area contributed by atoms with Gasteiger partial charge in [0.25, 0.3) is 5.91 Å². The minimum Gasteiger partial charge on any atom is -0.371 e. The highest BCUT2D eigenvalue weighted by Crippen LogP contribution is 2.45. The first-order valence-corrected chi connectivity index (χ1v) is 8.82. The van der Waals surface area contributed by atoms with Gasteiger partial charge in [-0.1, -0.05) is 0 Å². The van der Waals surface area contributed by atoms with Crippen LogP contribution in [0.15, 0.2) is 24.7 Å². The Morgan fingerprint density at radius 1 is 1.35 bits per heavy atom. The third-order valence-corrected chi connectivity index (χ3v) is 5.53. The van der Waals surface area contributed by atoms with Gasteiger partial charge in [0.15, 0.2) is 11.6 Å². The summed E-state index contributed by atoms with van der Waals surface area (Å²) in [6, 6.07) is 3.53. The number of hydrogen-bond donors (Lipinski definition) is 3. The molecule has 2 bridgehead atoms. The lowest BCUT2D eigenvalue weighted by Crippen LogP contribution is -2.62. The molecule has 1 aliphatic carbocycles. The number of halogens is 1. The van der Waals surface area contributed by atoms with Gasteiger partial charge in [-0.15, -0.1) is 0 Å². The van der Waals surface area contributed by atoms with E-state index in [4.69, 9.17) is 4.74 Å². The predicted molar refractivity (Wildman–Crippen MR) is 93.4 cm³/mol. The van der Waals surface area contributed by atoms with E-state index >= 15 is 0 Å². The van der Waals surface area contributed by atoms with Crippen molar-refractivity contribution in [1.29, 1.82) is 0 Å². The predicted octanol–water partition coefficient (Wildman–Crippen LogP) is 2.18. The van der Waals surface area contributed by atoms with Crippen molar-refractivity contribution < 1.29 is 13.9 Å². The molecule has 5 rings (SSSR count). The zero-order valence-corrected chi connectivity index (χ0v) is 14.6. The van der Waals surface area contributed by atoms with Crippen molar-refractivity contribution in [3.05, 3.63) is 41.9 Å². The van der Waals surface area contributed by atoms with Crippen LogP contribution in [-0.2, 0) is 4.74 Å². The van der Waals surface area contributed by atoms with Crippen LogP contribution in [0.25, 0.3) is 0 Å². The third-order valence-electron chi connectivity index (χ3n) is 5.53. The van der Waals surface area contributed by atoms with Crippen molar-refractivity contribution in [3.63, 3.8) is 0 Å². The number of nitrogens with zero attached hydrogens (tertiary/aromatic N) is 2. The number of aromatic nitrogens is 3. The van der Waals surface area contributed by atoms with E-state index in [0.717, 1.165) is 25.7 Å². The van der Waals surface area contributed by atoms with Crippen molar-refractivity contribution >= 4 is 11.7 Å². The molecule has 0 radical (unpaired) electrons. The molecule has 1 saturated carbocycles. The Morgan fingerprint density at radius 3 is 2.81 bits per heavy atom. The lowest BCUT2D eigenvalue weighted by Gasteiger charge is -2.53. The summed E-state index contributed by atoms with van der Waals surface area (Å²) in [4.78, 5) is 22.9. The maximum Gasteiger partial charge on any atom is 0.267 e. The number of aryl methyl sites for hydroxylation is 1. The summed E-state index contributed by atoms with van der Waals surface area (Å²) in [6.45, 7) is 2.56. The smallest absolute Gasteiger partial charge is 0.267 e. The molecule has 1 amide bonds. The Bertz CT molecular complexity index is 783. The van der Waals surface area contributed by atoms with Crippen molar-refractivity contribution in [3.8, 4) is 0 Å². The summed E-state index contributed by atoms with van der Waals surface area (Å²) >= 11 is 0. The molecule has 2 aromatic rings. The summed E-state index contributed by atoms with van der Waals surface area (Å²) in [5.74, 6) is -0.315. The fourth-order valence-corrected chi connectivity index (χ4v) is 3.76. The maximum absolute atomic E-state index is 14.2. The van der Waals surface area contributed by atoms with E-state index in [0.29, 0.717) is 24.5 Å². The average molecular weight is 359 g/mol. The van der Waals surface area contributed by atoms with Gasteiger partial charge in [-0.2, -0.15) is 0 Å². The number of H-pyrrole nitrogens is 1. The van der Waals surface area contributed by atoms with Gasteiger partial charge in [-0.05, 0) is 44.7 Å². The Kier molecular flexibility index (Phi) is 4.14. The molecule has 138 valence electrons. The molecule has 2 saturated heterocycles. The second-order valence-electron chi connectivity index (χ2n) is 7.27. The summed E-state index contributed by atoms with van der Waals surface area (Å²) in [6.07, 6.45) is 6.37. The maximum atomic E-state index is 14.2. The van der Waals surface area contributed by atoms with Gasteiger partial charge >= 0.3 is 0 Å². The summed E-state index contributed by atoms with van der Waals surface area (Å²) < 4.78 is 20.3. The number of nitrogens with one attached hydrogen (secondary N) is 3. The van der Waals surface area contributed by atoms with Crippen LogP contribution in [0.1, 0.15) is 41.9 Å². The molecule has 0 spiro atoms. The normalized spacial score (nSPS) is 27.3. The molecule has 4 heterocycles. The first-order chi connectivity index (χ1) is 12.5. The van der Waals surface area contributed by atoms with Crippen LogP contribution in [0.2, 0.25) is 0 Å². The minimum absolute atomic E-state index is 0.132. The first kappa shape index (κ1) is 17.0.